The zero-order valence-electron chi connectivity index (χ0n) is 10.1. The van der Waals surface area contributed by atoms with Gasteiger partial charge in [-0.2, -0.15) is 0 Å². The topological polar surface area (TPSA) is 38.7 Å². The number of aliphatic hydroxyl groups excluding tert-OH is 1. The number of ether oxygens (including phenoxy) is 2. The van der Waals surface area contributed by atoms with Gasteiger partial charge < -0.3 is 9.84 Å². The summed E-state index contributed by atoms with van der Waals surface area (Å²) in [6.07, 6.45) is -5.40. The summed E-state index contributed by atoms with van der Waals surface area (Å²) in [6, 6.07) is 5.14. The lowest BCUT2D eigenvalue weighted by Gasteiger charge is -2.14. The van der Waals surface area contributed by atoms with Crippen LogP contribution in [0.5, 0.6) is 5.75 Å². The summed E-state index contributed by atoms with van der Waals surface area (Å²) in [5, 5.41) is 9.49. The number of hydrogen-bond acceptors (Lipinski definition) is 3. The Morgan fingerprint density at radius 2 is 1.94 bits per heavy atom. The van der Waals surface area contributed by atoms with Gasteiger partial charge in [0.05, 0.1) is 12.7 Å². The average molecular weight is 264 g/mol. The van der Waals surface area contributed by atoms with Crippen molar-refractivity contribution in [1.82, 2.24) is 0 Å². The number of alkyl halides is 3. The minimum absolute atomic E-state index is 0.233. The van der Waals surface area contributed by atoms with E-state index in [0.717, 1.165) is 5.56 Å². The summed E-state index contributed by atoms with van der Waals surface area (Å²) in [5.41, 5.74) is 1.43. The molecule has 0 saturated carbocycles. The number of halogens is 3. The van der Waals surface area contributed by atoms with E-state index in [1.165, 1.54) is 0 Å². The first kappa shape index (κ1) is 14.8. The minimum atomic E-state index is -4.65. The molecule has 0 fully saturated rings. The highest BCUT2D eigenvalue weighted by Gasteiger charge is 2.28. The van der Waals surface area contributed by atoms with Gasteiger partial charge in [0.15, 0.2) is 0 Å². The summed E-state index contributed by atoms with van der Waals surface area (Å²) in [4.78, 5) is 0. The van der Waals surface area contributed by atoms with Gasteiger partial charge in [-0.3, -0.25) is 4.74 Å². The Kier molecular flexibility index (Phi) is 4.98. The number of aryl methyl sites for hydroxylation is 1. The Morgan fingerprint density at radius 3 is 2.50 bits per heavy atom. The van der Waals surface area contributed by atoms with Crippen LogP contribution in [0.4, 0.5) is 13.2 Å². The molecule has 0 bridgehead atoms. The van der Waals surface area contributed by atoms with Crippen molar-refractivity contribution in [2.24, 2.45) is 0 Å². The zero-order valence-corrected chi connectivity index (χ0v) is 10.1. The second-order valence-corrected chi connectivity index (χ2v) is 3.86. The van der Waals surface area contributed by atoms with E-state index < -0.39 is 19.1 Å². The quantitative estimate of drug-likeness (QED) is 0.831. The summed E-state index contributed by atoms with van der Waals surface area (Å²) < 4.78 is 44.0. The van der Waals surface area contributed by atoms with Gasteiger partial charge in [0.2, 0.25) is 0 Å². The third kappa shape index (κ3) is 4.93. The van der Waals surface area contributed by atoms with Crippen LogP contribution < -0.4 is 4.74 Å². The summed E-state index contributed by atoms with van der Waals surface area (Å²) in [7, 11) is 0. The highest BCUT2D eigenvalue weighted by Crippen LogP contribution is 2.26. The second-order valence-electron chi connectivity index (χ2n) is 3.86. The van der Waals surface area contributed by atoms with E-state index in [9.17, 15) is 18.3 Å². The first-order valence-corrected chi connectivity index (χ1v) is 5.41. The van der Waals surface area contributed by atoms with E-state index in [2.05, 4.69) is 4.74 Å². The van der Waals surface area contributed by atoms with E-state index in [-0.39, 0.29) is 6.61 Å². The fraction of sp³-hybridized carbons (Fsp3) is 0.500. The second kappa shape index (κ2) is 6.06. The van der Waals surface area contributed by atoms with Crippen molar-refractivity contribution in [3.8, 4) is 5.75 Å². The number of aliphatic hydroxyl groups is 1. The molecule has 1 rings (SSSR count). The average Bonchev–Trinajstić information content (AvgIpc) is 2.22. The van der Waals surface area contributed by atoms with Crippen LogP contribution in [0.1, 0.15) is 24.2 Å². The third-order valence-corrected chi connectivity index (χ3v) is 2.23. The van der Waals surface area contributed by atoms with Crippen LogP contribution in [0.2, 0.25) is 0 Å². The maximum atomic E-state index is 11.7. The fourth-order valence-corrected chi connectivity index (χ4v) is 1.42. The molecule has 0 amide bonds. The molecule has 0 heterocycles. The molecule has 0 aliphatic rings. The maximum absolute atomic E-state index is 11.7. The molecular formula is C12H15F3O3. The van der Waals surface area contributed by atoms with Gasteiger partial charge in [0, 0.05) is 5.56 Å². The van der Waals surface area contributed by atoms with Crippen molar-refractivity contribution in [1.29, 1.82) is 0 Å². The largest absolute Gasteiger partial charge is 0.522 e. The van der Waals surface area contributed by atoms with Crippen LogP contribution in [-0.2, 0) is 4.74 Å². The van der Waals surface area contributed by atoms with Crippen LogP contribution in [-0.4, -0.2) is 24.7 Å². The van der Waals surface area contributed by atoms with Gasteiger partial charge in [-0.05, 0) is 25.5 Å². The van der Waals surface area contributed by atoms with E-state index >= 15 is 0 Å². The molecular weight excluding hydrogens is 249 g/mol. The first-order chi connectivity index (χ1) is 8.29. The number of benzene rings is 1. The number of rotatable bonds is 5. The predicted octanol–water partition coefficient (Wildman–Crippen LogP) is 2.96. The van der Waals surface area contributed by atoms with E-state index in [0.29, 0.717) is 11.3 Å². The van der Waals surface area contributed by atoms with Crippen LogP contribution in [0.25, 0.3) is 0 Å². The van der Waals surface area contributed by atoms with Crippen molar-refractivity contribution in [3.63, 3.8) is 0 Å². The molecule has 0 aliphatic heterocycles. The van der Waals surface area contributed by atoms with Crippen molar-refractivity contribution in [3.05, 3.63) is 29.3 Å². The molecule has 0 saturated heterocycles. The highest BCUT2D eigenvalue weighted by atomic mass is 19.4. The Morgan fingerprint density at radius 1 is 1.28 bits per heavy atom. The molecule has 0 spiro atoms. The van der Waals surface area contributed by atoms with Gasteiger partial charge in [0.1, 0.15) is 12.4 Å². The lowest BCUT2D eigenvalue weighted by molar-refractivity contribution is -0.325. The van der Waals surface area contributed by atoms with Gasteiger partial charge in [-0.25, -0.2) is 0 Å². The van der Waals surface area contributed by atoms with E-state index in [1.54, 1.807) is 25.1 Å². The van der Waals surface area contributed by atoms with E-state index in [1.807, 2.05) is 6.92 Å². The van der Waals surface area contributed by atoms with Crippen molar-refractivity contribution in [2.45, 2.75) is 26.3 Å². The van der Waals surface area contributed by atoms with Gasteiger partial charge in [-0.1, -0.05) is 12.1 Å². The monoisotopic (exact) mass is 264 g/mol. The molecule has 3 nitrogen and oxygen atoms in total. The summed E-state index contributed by atoms with van der Waals surface area (Å²) >= 11 is 0. The maximum Gasteiger partial charge on any atom is 0.522 e. The van der Waals surface area contributed by atoms with Crippen LogP contribution in [0.3, 0.4) is 0 Å². The van der Waals surface area contributed by atoms with Crippen molar-refractivity contribution in [2.75, 3.05) is 13.2 Å². The van der Waals surface area contributed by atoms with Crippen LogP contribution in [0.15, 0.2) is 18.2 Å². The molecule has 1 aromatic carbocycles. The smallest absolute Gasteiger partial charge is 0.491 e. The highest BCUT2D eigenvalue weighted by molar-refractivity contribution is 5.38. The Bertz CT molecular complexity index is 389. The van der Waals surface area contributed by atoms with E-state index in [4.69, 9.17) is 4.74 Å². The molecule has 0 aliphatic carbocycles. The first-order valence-electron chi connectivity index (χ1n) is 5.41. The zero-order chi connectivity index (χ0) is 13.8. The lowest BCUT2D eigenvalue weighted by atomic mass is 10.1. The molecule has 0 aromatic heterocycles. The summed E-state index contributed by atoms with van der Waals surface area (Å²) in [5.74, 6) is 0.371. The summed E-state index contributed by atoms with van der Waals surface area (Å²) in [6.45, 7) is 2.56. The SMILES string of the molecule is Cc1ccc(C(C)O)c(OCCOC(F)(F)F)c1. The Balaban J connectivity index is 2.58. The fourth-order valence-electron chi connectivity index (χ4n) is 1.42. The normalized spacial score (nSPS) is 13.4. The number of hydrogen-bond donors (Lipinski definition) is 1. The van der Waals surface area contributed by atoms with Crippen molar-refractivity contribution >= 4 is 0 Å². The Hall–Kier alpha value is -1.27. The standard InChI is InChI=1S/C12H15F3O3/c1-8-3-4-10(9(2)16)11(7-8)17-5-6-18-12(13,14)15/h3-4,7,9,16H,5-6H2,1-2H3. The molecule has 6 heteroatoms. The minimum Gasteiger partial charge on any atom is -0.491 e. The lowest BCUT2D eigenvalue weighted by Crippen LogP contribution is -2.18. The molecule has 1 N–H and O–H groups in total. The van der Waals surface area contributed by atoms with Gasteiger partial charge >= 0.3 is 6.36 Å². The molecule has 1 unspecified atom stereocenters. The molecule has 1 atom stereocenters. The van der Waals surface area contributed by atoms with Gasteiger partial charge in [0.25, 0.3) is 0 Å². The van der Waals surface area contributed by atoms with Crippen molar-refractivity contribution < 1.29 is 27.8 Å². The van der Waals surface area contributed by atoms with Gasteiger partial charge in [-0.15, -0.1) is 13.2 Å². The predicted molar refractivity (Wildman–Crippen MR) is 59.3 cm³/mol. The van der Waals surface area contributed by atoms with Crippen LogP contribution in [0, 0.1) is 6.92 Å². The molecule has 18 heavy (non-hydrogen) atoms. The molecule has 0 radical (unpaired) electrons. The third-order valence-electron chi connectivity index (χ3n) is 2.23. The van der Waals surface area contributed by atoms with Crippen LogP contribution >= 0.6 is 0 Å². The molecule has 102 valence electrons. The molecule has 1 aromatic rings. The Labute approximate surface area is 103 Å².